The van der Waals surface area contributed by atoms with Crippen LogP contribution in [0.15, 0.2) is 29.9 Å². The lowest BCUT2D eigenvalue weighted by atomic mass is 10.1. The normalized spacial score (nSPS) is 11.1. The van der Waals surface area contributed by atoms with Gasteiger partial charge >= 0.3 is 0 Å². The van der Waals surface area contributed by atoms with E-state index in [0.717, 1.165) is 10.7 Å². The number of hydrogen-bond acceptors (Lipinski definition) is 5. The van der Waals surface area contributed by atoms with Crippen molar-refractivity contribution in [3.63, 3.8) is 0 Å². The quantitative estimate of drug-likeness (QED) is 0.898. The molecule has 0 aliphatic carbocycles. The fourth-order valence-electron chi connectivity index (χ4n) is 1.71. The van der Waals surface area contributed by atoms with E-state index in [1.807, 2.05) is 25.3 Å². The Kier molecular flexibility index (Phi) is 3.80. The summed E-state index contributed by atoms with van der Waals surface area (Å²) in [6.07, 6.45) is 3.40. The summed E-state index contributed by atoms with van der Waals surface area (Å²) in [5.41, 5.74) is 0.936. The highest BCUT2D eigenvalue weighted by Gasteiger charge is 2.23. The molecule has 2 aromatic heterocycles. The monoisotopic (exact) mass is 276 g/mol. The molecule has 0 radical (unpaired) electrons. The van der Waals surface area contributed by atoms with E-state index in [9.17, 15) is 4.79 Å². The summed E-state index contributed by atoms with van der Waals surface area (Å²) in [4.78, 5) is 19.9. The first-order chi connectivity index (χ1) is 9.03. The van der Waals surface area contributed by atoms with E-state index in [-0.39, 0.29) is 11.4 Å². The number of rotatable bonds is 4. The number of pyridine rings is 1. The van der Waals surface area contributed by atoms with Gasteiger partial charge in [-0.1, -0.05) is 0 Å². The average Bonchev–Trinajstić information content (AvgIpc) is 2.92. The van der Waals surface area contributed by atoms with E-state index >= 15 is 0 Å². The van der Waals surface area contributed by atoms with Crippen LogP contribution in [0.4, 0.5) is 5.69 Å². The molecule has 6 heteroatoms. The largest absolute Gasteiger partial charge is 0.374 e. The molecule has 0 unspecified atom stereocenters. The van der Waals surface area contributed by atoms with Crippen LogP contribution in [0.3, 0.4) is 0 Å². The molecule has 2 N–H and O–H groups in total. The molecule has 0 saturated heterocycles. The van der Waals surface area contributed by atoms with Crippen molar-refractivity contribution < 1.29 is 4.79 Å². The van der Waals surface area contributed by atoms with Gasteiger partial charge in [0.2, 0.25) is 0 Å². The van der Waals surface area contributed by atoms with Crippen molar-refractivity contribution in [1.29, 1.82) is 0 Å². The summed E-state index contributed by atoms with van der Waals surface area (Å²) < 4.78 is 0. The molecule has 0 aromatic carbocycles. The summed E-state index contributed by atoms with van der Waals surface area (Å²) in [6.45, 7) is 4.09. The highest BCUT2D eigenvalue weighted by Crippen LogP contribution is 2.27. The Morgan fingerprint density at radius 1 is 1.32 bits per heavy atom. The van der Waals surface area contributed by atoms with E-state index in [2.05, 4.69) is 20.6 Å². The molecule has 0 bridgehead atoms. The Hall–Kier alpha value is -1.95. The second-order valence-corrected chi connectivity index (χ2v) is 5.49. The third kappa shape index (κ3) is 3.08. The SMILES string of the molecule is CNC(=O)c1cc(NC(C)(C)c2nccs2)ccn1. The Morgan fingerprint density at radius 3 is 2.74 bits per heavy atom. The van der Waals surface area contributed by atoms with Gasteiger partial charge in [0, 0.05) is 30.5 Å². The van der Waals surface area contributed by atoms with Gasteiger partial charge in [-0.05, 0) is 26.0 Å². The summed E-state index contributed by atoms with van der Waals surface area (Å²) in [7, 11) is 1.59. The Balaban J connectivity index is 2.22. The van der Waals surface area contributed by atoms with Crippen molar-refractivity contribution in [2.75, 3.05) is 12.4 Å². The fraction of sp³-hybridized carbons (Fsp3) is 0.308. The molecule has 19 heavy (non-hydrogen) atoms. The van der Waals surface area contributed by atoms with Crippen molar-refractivity contribution >= 4 is 22.9 Å². The molecular formula is C13H16N4OS. The van der Waals surface area contributed by atoms with Gasteiger partial charge in [-0.25, -0.2) is 4.98 Å². The van der Waals surface area contributed by atoms with Crippen molar-refractivity contribution in [3.05, 3.63) is 40.6 Å². The minimum atomic E-state index is -0.296. The minimum Gasteiger partial charge on any atom is -0.374 e. The molecule has 0 spiro atoms. The summed E-state index contributed by atoms with van der Waals surface area (Å²) in [6, 6.07) is 3.57. The van der Waals surface area contributed by atoms with Crippen LogP contribution in [0.1, 0.15) is 29.3 Å². The predicted molar refractivity (Wildman–Crippen MR) is 76.4 cm³/mol. The first-order valence-electron chi connectivity index (χ1n) is 5.89. The standard InChI is InChI=1S/C13H16N4OS/c1-13(2,12-16-6-7-19-12)17-9-4-5-15-10(8-9)11(18)14-3/h4-8H,1-3H3,(H,14,18)(H,15,17). The maximum absolute atomic E-state index is 11.5. The molecule has 2 rings (SSSR count). The predicted octanol–water partition coefficient (Wildman–Crippen LogP) is 2.24. The molecule has 0 saturated carbocycles. The van der Waals surface area contributed by atoms with Crippen molar-refractivity contribution in [2.45, 2.75) is 19.4 Å². The van der Waals surface area contributed by atoms with Crippen molar-refractivity contribution in [3.8, 4) is 0 Å². The number of amides is 1. The second-order valence-electron chi connectivity index (χ2n) is 4.60. The van der Waals surface area contributed by atoms with Crippen LogP contribution in [0.5, 0.6) is 0 Å². The number of nitrogens with one attached hydrogen (secondary N) is 2. The molecule has 1 amide bonds. The highest BCUT2D eigenvalue weighted by atomic mass is 32.1. The molecule has 0 aliphatic rings. The number of thiazole rings is 1. The molecule has 0 fully saturated rings. The topological polar surface area (TPSA) is 66.9 Å². The zero-order valence-corrected chi connectivity index (χ0v) is 11.9. The molecule has 0 aliphatic heterocycles. The number of anilines is 1. The Labute approximate surface area is 116 Å². The maximum Gasteiger partial charge on any atom is 0.269 e. The smallest absolute Gasteiger partial charge is 0.269 e. The number of hydrogen-bond donors (Lipinski definition) is 2. The van der Waals surface area contributed by atoms with E-state index in [0.29, 0.717) is 5.69 Å². The van der Waals surface area contributed by atoms with Gasteiger partial charge in [-0.15, -0.1) is 11.3 Å². The van der Waals surface area contributed by atoms with Crippen LogP contribution in [-0.4, -0.2) is 22.9 Å². The first-order valence-corrected chi connectivity index (χ1v) is 6.77. The zero-order chi connectivity index (χ0) is 13.9. The van der Waals surface area contributed by atoms with Crippen LogP contribution in [0.2, 0.25) is 0 Å². The molecule has 5 nitrogen and oxygen atoms in total. The van der Waals surface area contributed by atoms with Gasteiger partial charge in [0.25, 0.3) is 5.91 Å². The van der Waals surface area contributed by atoms with E-state index < -0.39 is 0 Å². The fourth-order valence-corrected chi connectivity index (χ4v) is 2.42. The highest BCUT2D eigenvalue weighted by molar-refractivity contribution is 7.09. The van der Waals surface area contributed by atoms with E-state index in [1.54, 1.807) is 36.8 Å². The van der Waals surface area contributed by atoms with Crippen molar-refractivity contribution in [1.82, 2.24) is 15.3 Å². The lowest BCUT2D eigenvalue weighted by molar-refractivity contribution is 0.0958. The van der Waals surface area contributed by atoms with Crippen LogP contribution < -0.4 is 10.6 Å². The minimum absolute atomic E-state index is 0.198. The van der Waals surface area contributed by atoms with Gasteiger partial charge in [-0.2, -0.15) is 0 Å². The maximum atomic E-state index is 11.5. The number of carbonyl (C=O) groups is 1. The first kappa shape index (κ1) is 13.5. The van der Waals surface area contributed by atoms with Crippen LogP contribution in [0, 0.1) is 0 Å². The third-order valence-corrected chi connectivity index (χ3v) is 3.74. The van der Waals surface area contributed by atoms with Gasteiger partial charge in [-0.3, -0.25) is 9.78 Å². The second kappa shape index (κ2) is 5.36. The van der Waals surface area contributed by atoms with Crippen LogP contribution in [0.25, 0.3) is 0 Å². The number of nitrogens with zero attached hydrogens (tertiary/aromatic N) is 2. The van der Waals surface area contributed by atoms with Crippen molar-refractivity contribution in [2.24, 2.45) is 0 Å². The van der Waals surface area contributed by atoms with Gasteiger partial charge in [0.1, 0.15) is 10.7 Å². The zero-order valence-electron chi connectivity index (χ0n) is 11.1. The number of aromatic nitrogens is 2. The number of carbonyl (C=O) groups excluding carboxylic acids is 1. The third-order valence-electron chi connectivity index (χ3n) is 2.64. The lowest BCUT2D eigenvalue weighted by Crippen LogP contribution is -2.28. The lowest BCUT2D eigenvalue weighted by Gasteiger charge is -2.25. The van der Waals surface area contributed by atoms with E-state index in [4.69, 9.17) is 0 Å². The van der Waals surface area contributed by atoms with E-state index in [1.165, 1.54) is 0 Å². The molecule has 2 heterocycles. The van der Waals surface area contributed by atoms with Gasteiger partial charge < -0.3 is 10.6 Å². The molecular weight excluding hydrogens is 260 g/mol. The van der Waals surface area contributed by atoms with Gasteiger partial charge in [0.05, 0.1) is 5.54 Å². The van der Waals surface area contributed by atoms with Crippen LogP contribution in [-0.2, 0) is 5.54 Å². The summed E-state index contributed by atoms with van der Waals surface area (Å²) in [5.74, 6) is -0.198. The van der Waals surface area contributed by atoms with Gasteiger partial charge in [0.15, 0.2) is 0 Å². The summed E-state index contributed by atoms with van der Waals surface area (Å²) >= 11 is 1.60. The molecule has 0 atom stereocenters. The Morgan fingerprint density at radius 2 is 2.11 bits per heavy atom. The molecule has 100 valence electrons. The van der Waals surface area contributed by atoms with Crippen LogP contribution >= 0.6 is 11.3 Å². The summed E-state index contributed by atoms with van der Waals surface area (Å²) in [5, 5.41) is 8.86. The molecule has 2 aromatic rings. The average molecular weight is 276 g/mol. The Bertz CT molecular complexity index is 566.